The number of aromatic hydroxyl groups is 1. The van der Waals surface area contributed by atoms with Crippen molar-refractivity contribution in [3.05, 3.63) is 22.7 Å². The summed E-state index contributed by atoms with van der Waals surface area (Å²) in [7, 11) is 0. The lowest BCUT2D eigenvalue weighted by molar-refractivity contribution is -0.120. The van der Waals surface area contributed by atoms with Crippen LogP contribution in [-0.2, 0) is 4.79 Å². The van der Waals surface area contributed by atoms with Crippen LogP contribution in [-0.4, -0.2) is 16.6 Å². The number of nitrogens with two attached hydrogens (primary N) is 1. The molecule has 15 heavy (non-hydrogen) atoms. The first-order valence-corrected chi connectivity index (χ1v) is 5.19. The highest BCUT2D eigenvalue weighted by molar-refractivity contribution is 9.10. The van der Waals surface area contributed by atoms with Crippen LogP contribution in [0.5, 0.6) is 5.75 Å². The van der Waals surface area contributed by atoms with Crippen molar-refractivity contribution in [3.63, 3.8) is 0 Å². The number of hydrogen-bond acceptors (Lipinski definition) is 3. The van der Waals surface area contributed by atoms with E-state index in [2.05, 4.69) is 21.2 Å². The van der Waals surface area contributed by atoms with Crippen molar-refractivity contribution in [2.45, 2.75) is 19.4 Å². The van der Waals surface area contributed by atoms with Crippen LogP contribution in [0, 0.1) is 0 Å². The van der Waals surface area contributed by atoms with Crippen LogP contribution in [0.2, 0.25) is 0 Å². The number of anilines is 1. The number of phenolic OH excluding ortho intramolecular Hbond substituents is 1. The van der Waals surface area contributed by atoms with E-state index in [1.54, 1.807) is 26.0 Å². The van der Waals surface area contributed by atoms with Gasteiger partial charge in [-0.1, -0.05) is 15.9 Å². The second-order valence-corrected chi connectivity index (χ2v) is 4.75. The zero-order valence-corrected chi connectivity index (χ0v) is 10.1. The average Bonchev–Trinajstić information content (AvgIpc) is 2.09. The fourth-order valence-electron chi connectivity index (χ4n) is 0.892. The van der Waals surface area contributed by atoms with Gasteiger partial charge < -0.3 is 16.2 Å². The summed E-state index contributed by atoms with van der Waals surface area (Å²) in [5, 5.41) is 12.0. The molecule has 5 heteroatoms. The molecule has 0 spiro atoms. The van der Waals surface area contributed by atoms with E-state index in [9.17, 15) is 9.90 Å². The van der Waals surface area contributed by atoms with Crippen molar-refractivity contribution >= 4 is 27.5 Å². The van der Waals surface area contributed by atoms with Gasteiger partial charge in [0, 0.05) is 4.47 Å². The summed E-state index contributed by atoms with van der Waals surface area (Å²) in [6.45, 7) is 3.19. The molecule has 0 unspecified atom stereocenters. The third-order valence-corrected chi connectivity index (χ3v) is 2.29. The topological polar surface area (TPSA) is 75.4 Å². The van der Waals surface area contributed by atoms with Crippen molar-refractivity contribution in [1.29, 1.82) is 0 Å². The van der Waals surface area contributed by atoms with Gasteiger partial charge in [0.1, 0.15) is 5.75 Å². The molecule has 0 saturated heterocycles. The molecule has 1 aromatic carbocycles. The lowest BCUT2D eigenvalue weighted by Crippen LogP contribution is -2.45. The van der Waals surface area contributed by atoms with Crippen molar-refractivity contribution in [2.24, 2.45) is 5.73 Å². The lowest BCUT2D eigenvalue weighted by Gasteiger charge is -2.18. The van der Waals surface area contributed by atoms with Crippen LogP contribution in [0.1, 0.15) is 13.8 Å². The molecule has 1 aromatic rings. The van der Waals surface area contributed by atoms with Crippen LogP contribution in [0.4, 0.5) is 5.69 Å². The molecule has 1 rings (SSSR count). The highest BCUT2D eigenvalue weighted by atomic mass is 79.9. The van der Waals surface area contributed by atoms with Gasteiger partial charge in [0.15, 0.2) is 0 Å². The number of hydrogen-bond donors (Lipinski definition) is 3. The smallest absolute Gasteiger partial charge is 0.243 e. The molecule has 0 heterocycles. The molecule has 0 bridgehead atoms. The Labute approximate surface area is 96.6 Å². The predicted molar refractivity (Wildman–Crippen MR) is 62.7 cm³/mol. The van der Waals surface area contributed by atoms with Crippen molar-refractivity contribution < 1.29 is 9.90 Å². The highest BCUT2D eigenvalue weighted by Gasteiger charge is 2.22. The normalized spacial score (nSPS) is 11.2. The second-order valence-electron chi connectivity index (χ2n) is 3.84. The zero-order chi connectivity index (χ0) is 11.6. The Morgan fingerprint density at radius 2 is 2.13 bits per heavy atom. The van der Waals surface area contributed by atoms with E-state index in [0.717, 1.165) is 4.47 Å². The zero-order valence-electron chi connectivity index (χ0n) is 8.54. The van der Waals surface area contributed by atoms with Gasteiger partial charge in [-0.15, -0.1) is 0 Å². The van der Waals surface area contributed by atoms with E-state index in [-0.39, 0.29) is 11.7 Å². The maximum Gasteiger partial charge on any atom is 0.243 e. The maximum absolute atomic E-state index is 11.5. The first-order chi connectivity index (χ1) is 6.80. The Balaban J connectivity index is 2.90. The number of benzene rings is 1. The van der Waals surface area contributed by atoms with Gasteiger partial charge in [0.05, 0.1) is 11.2 Å². The van der Waals surface area contributed by atoms with Gasteiger partial charge in [0.25, 0.3) is 0 Å². The summed E-state index contributed by atoms with van der Waals surface area (Å²) in [6, 6.07) is 4.78. The molecule has 82 valence electrons. The molecular weight excluding hydrogens is 260 g/mol. The number of halogens is 1. The Morgan fingerprint density at radius 1 is 1.53 bits per heavy atom. The number of nitrogens with one attached hydrogen (secondary N) is 1. The Morgan fingerprint density at radius 3 is 2.67 bits per heavy atom. The fraction of sp³-hybridized carbons (Fsp3) is 0.300. The number of amides is 1. The largest absolute Gasteiger partial charge is 0.506 e. The van der Waals surface area contributed by atoms with Crippen LogP contribution < -0.4 is 11.1 Å². The molecule has 4 nitrogen and oxygen atoms in total. The maximum atomic E-state index is 11.5. The quantitative estimate of drug-likeness (QED) is 0.719. The van der Waals surface area contributed by atoms with E-state index in [1.165, 1.54) is 6.07 Å². The Hall–Kier alpha value is -1.07. The van der Waals surface area contributed by atoms with Crippen molar-refractivity contribution in [3.8, 4) is 5.75 Å². The second kappa shape index (κ2) is 4.20. The van der Waals surface area contributed by atoms with Gasteiger partial charge in [-0.3, -0.25) is 4.79 Å². The minimum atomic E-state index is -0.977. The van der Waals surface area contributed by atoms with Gasteiger partial charge in [-0.05, 0) is 32.0 Å². The summed E-state index contributed by atoms with van der Waals surface area (Å²) >= 11 is 3.24. The van der Waals surface area contributed by atoms with Crippen molar-refractivity contribution in [2.75, 3.05) is 5.32 Å². The van der Waals surface area contributed by atoms with Crippen LogP contribution in [0.15, 0.2) is 22.7 Å². The number of rotatable bonds is 2. The third kappa shape index (κ3) is 3.21. The molecule has 0 fully saturated rings. The van der Waals surface area contributed by atoms with Gasteiger partial charge in [0.2, 0.25) is 5.91 Å². The summed E-state index contributed by atoms with van der Waals surface area (Å²) < 4.78 is 0.769. The molecule has 0 aliphatic carbocycles. The number of phenols is 1. The Bertz CT molecular complexity index is 385. The molecule has 0 aliphatic heterocycles. The standard InChI is InChI=1S/C10H13BrN2O2/c1-10(2,12)9(15)13-7-5-6(11)3-4-8(7)14/h3-5,14H,12H2,1-2H3,(H,13,15). The van der Waals surface area contributed by atoms with Crippen LogP contribution in [0.25, 0.3) is 0 Å². The molecule has 0 radical (unpaired) electrons. The molecule has 0 atom stereocenters. The molecule has 1 amide bonds. The van der Waals surface area contributed by atoms with E-state index in [1.807, 2.05) is 0 Å². The SMILES string of the molecule is CC(C)(N)C(=O)Nc1cc(Br)ccc1O. The minimum Gasteiger partial charge on any atom is -0.506 e. The molecular formula is C10H13BrN2O2. The first-order valence-electron chi connectivity index (χ1n) is 4.39. The Kier molecular flexibility index (Phi) is 3.36. The minimum absolute atomic E-state index is 0.0100. The molecule has 0 saturated carbocycles. The molecule has 0 aromatic heterocycles. The van der Waals surface area contributed by atoms with Gasteiger partial charge in [-0.2, -0.15) is 0 Å². The van der Waals surface area contributed by atoms with Gasteiger partial charge >= 0.3 is 0 Å². The summed E-state index contributed by atoms with van der Waals surface area (Å²) in [4.78, 5) is 11.5. The monoisotopic (exact) mass is 272 g/mol. The summed E-state index contributed by atoms with van der Waals surface area (Å²) in [6.07, 6.45) is 0. The molecule has 4 N–H and O–H groups in total. The van der Waals surface area contributed by atoms with Crippen molar-refractivity contribution in [1.82, 2.24) is 0 Å². The fourth-order valence-corrected chi connectivity index (χ4v) is 1.25. The summed E-state index contributed by atoms with van der Waals surface area (Å²) in [5.74, 6) is -0.341. The van der Waals surface area contributed by atoms with E-state index >= 15 is 0 Å². The van der Waals surface area contributed by atoms with E-state index < -0.39 is 5.54 Å². The van der Waals surface area contributed by atoms with Gasteiger partial charge in [-0.25, -0.2) is 0 Å². The predicted octanol–water partition coefficient (Wildman–Crippen LogP) is 1.83. The third-order valence-electron chi connectivity index (χ3n) is 1.79. The first kappa shape index (κ1) is 12.0. The number of carbonyl (C=O) groups is 1. The molecule has 0 aliphatic rings. The highest BCUT2D eigenvalue weighted by Crippen LogP contribution is 2.27. The van der Waals surface area contributed by atoms with E-state index in [0.29, 0.717) is 5.69 Å². The number of carbonyl (C=O) groups excluding carboxylic acids is 1. The average molecular weight is 273 g/mol. The van der Waals surface area contributed by atoms with Crippen LogP contribution in [0.3, 0.4) is 0 Å². The lowest BCUT2D eigenvalue weighted by atomic mass is 10.1. The van der Waals surface area contributed by atoms with E-state index in [4.69, 9.17) is 5.73 Å². The van der Waals surface area contributed by atoms with Crippen LogP contribution >= 0.6 is 15.9 Å². The summed E-state index contributed by atoms with van der Waals surface area (Å²) in [5.41, 5.74) is 4.97.